The molecule has 1 atom stereocenters. The van der Waals surface area contributed by atoms with Gasteiger partial charge in [-0.1, -0.05) is 12.1 Å². The van der Waals surface area contributed by atoms with Crippen LogP contribution in [-0.2, 0) is 0 Å². The van der Waals surface area contributed by atoms with Gasteiger partial charge in [-0.3, -0.25) is 4.79 Å². The van der Waals surface area contributed by atoms with Crippen molar-refractivity contribution < 1.29 is 9.90 Å². The molecular weight excluding hydrogens is 258 g/mol. The minimum absolute atomic E-state index is 0.0205. The molecule has 1 amide bonds. The van der Waals surface area contributed by atoms with Gasteiger partial charge in [-0.05, 0) is 30.2 Å². The number of carbonyl (C=O) groups is 1. The van der Waals surface area contributed by atoms with Crippen molar-refractivity contribution in [3.63, 3.8) is 0 Å². The Balaban J connectivity index is 1.79. The number of aromatic amines is 1. The number of aliphatic hydroxyl groups is 1. The third-order valence-corrected chi connectivity index (χ3v) is 3.58. The Morgan fingerprint density at radius 1 is 1.40 bits per heavy atom. The van der Waals surface area contributed by atoms with Crippen LogP contribution < -0.4 is 0 Å². The lowest BCUT2D eigenvalue weighted by atomic mass is 10.1. The lowest BCUT2D eigenvalue weighted by molar-refractivity contribution is 0.0677. The van der Waals surface area contributed by atoms with Gasteiger partial charge in [-0.25, -0.2) is 0 Å². The van der Waals surface area contributed by atoms with Gasteiger partial charge >= 0.3 is 0 Å². The van der Waals surface area contributed by atoms with E-state index < -0.39 is 0 Å². The fourth-order valence-electron chi connectivity index (χ4n) is 2.50. The molecule has 2 aromatic rings. The van der Waals surface area contributed by atoms with E-state index in [-0.39, 0.29) is 18.6 Å². The van der Waals surface area contributed by atoms with E-state index in [1.165, 1.54) is 0 Å². The van der Waals surface area contributed by atoms with Crippen LogP contribution in [0, 0.1) is 0 Å². The van der Waals surface area contributed by atoms with E-state index >= 15 is 0 Å². The highest BCUT2D eigenvalue weighted by Gasteiger charge is 2.28. The van der Waals surface area contributed by atoms with E-state index in [0.717, 1.165) is 18.4 Å². The maximum Gasteiger partial charge on any atom is 0.254 e. The number of benzene rings is 1. The number of aliphatic hydroxyl groups excluding tert-OH is 1. The summed E-state index contributed by atoms with van der Waals surface area (Å²) < 4.78 is 0. The second-order valence-corrected chi connectivity index (χ2v) is 4.79. The molecule has 0 bridgehead atoms. The van der Waals surface area contributed by atoms with Gasteiger partial charge in [-0.15, -0.1) is 10.2 Å². The van der Waals surface area contributed by atoms with Crippen molar-refractivity contribution in [2.45, 2.75) is 18.9 Å². The number of rotatable bonds is 3. The van der Waals surface area contributed by atoms with Crippen LogP contribution in [0.1, 0.15) is 23.2 Å². The third kappa shape index (κ3) is 2.27. The van der Waals surface area contributed by atoms with E-state index in [1.807, 2.05) is 0 Å². The predicted octanol–water partition coefficient (Wildman–Crippen LogP) is 0.464. The highest BCUT2D eigenvalue weighted by molar-refractivity contribution is 5.95. The minimum atomic E-state index is -0.0561. The number of tetrazole rings is 1. The molecule has 0 radical (unpaired) electrons. The molecule has 2 N–H and O–H groups in total. The second kappa shape index (κ2) is 5.38. The van der Waals surface area contributed by atoms with Gasteiger partial charge in [0.15, 0.2) is 0 Å². The fraction of sp³-hybridized carbons (Fsp3) is 0.385. The summed E-state index contributed by atoms with van der Waals surface area (Å²) in [6.07, 6.45) is 1.81. The molecule has 1 saturated heterocycles. The maximum atomic E-state index is 12.4. The minimum Gasteiger partial charge on any atom is -0.394 e. The van der Waals surface area contributed by atoms with Crippen LogP contribution >= 0.6 is 0 Å². The average Bonchev–Trinajstić information content (AvgIpc) is 3.17. The van der Waals surface area contributed by atoms with Crippen molar-refractivity contribution in [1.82, 2.24) is 25.5 Å². The van der Waals surface area contributed by atoms with Crippen molar-refractivity contribution in [2.24, 2.45) is 0 Å². The normalized spacial score (nSPS) is 18.4. The van der Waals surface area contributed by atoms with Crippen molar-refractivity contribution in [3.05, 3.63) is 29.8 Å². The van der Waals surface area contributed by atoms with Crippen molar-refractivity contribution >= 4 is 5.91 Å². The topological polar surface area (TPSA) is 95.0 Å². The van der Waals surface area contributed by atoms with Gasteiger partial charge in [0.2, 0.25) is 5.82 Å². The van der Waals surface area contributed by atoms with Gasteiger partial charge in [0.25, 0.3) is 5.91 Å². The SMILES string of the molecule is O=C(c1ccc(-c2nn[nH]n2)cc1)N1CCC[C@@H]1CO. The van der Waals surface area contributed by atoms with Gasteiger partial charge in [0.1, 0.15) is 0 Å². The number of carbonyl (C=O) groups excluding carboxylic acids is 1. The summed E-state index contributed by atoms with van der Waals surface area (Å²) in [5.41, 5.74) is 1.41. The molecule has 0 aliphatic carbocycles. The lowest BCUT2D eigenvalue weighted by Gasteiger charge is -2.23. The molecule has 1 aromatic carbocycles. The summed E-state index contributed by atoms with van der Waals surface area (Å²) in [5.74, 6) is 0.458. The Hall–Kier alpha value is -2.28. The molecule has 20 heavy (non-hydrogen) atoms. The molecule has 2 heterocycles. The first-order chi connectivity index (χ1) is 9.79. The summed E-state index contributed by atoms with van der Waals surface area (Å²) in [6, 6.07) is 7.03. The van der Waals surface area contributed by atoms with Crippen LogP contribution in [0.5, 0.6) is 0 Å². The number of nitrogens with one attached hydrogen (secondary N) is 1. The molecule has 0 saturated carbocycles. The summed E-state index contributed by atoms with van der Waals surface area (Å²) in [7, 11) is 0. The Bertz CT molecular complexity index is 581. The number of nitrogens with zero attached hydrogens (tertiary/aromatic N) is 4. The van der Waals surface area contributed by atoms with E-state index in [1.54, 1.807) is 29.2 Å². The largest absolute Gasteiger partial charge is 0.394 e. The fourth-order valence-corrected chi connectivity index (χ4v) is 2.50. The van der Waals surface area contributed by atoms with Crippen molar-refractivity contribution in [1.29, 1.82) is 0 Å². The maximum absolute atomic E-state index is 12.4. The second-order valence-electron chi connectivity index (χ2n) is 4.79. The molecule has 7 heteroatoms. The predicted molar refractivity (Wildman–Crippen MR) is 70.8 cm³/mol. The van der Waals surface area contributed by atoms with E-state index in [2.05, 4.69) is 20.6 Å². The monoisotopic (exact) mass is 273 g/mol. The van der Waals surface area contributed by atoms with Gasteiger partial charge < -0.3 is 10.0 Å². The third-order valence-electron chi connectivity index (χ3n) is 3.58. The van der Waals surface area contributed by atoms with Gasteiger partial charge in [0.05, 0.1) is 12.6 Å². The highest BCUT2D eigenvalue weighted by Crippen LogP contribution is 2.21. The number of H-pyrrole nitrogens is 1. The zero-order valence-electron chi connectivity index (χ0n) is 10.9. The Morgan fingerprint density at radius 2 is 2.20 bits per heavy atom. The van der Waals surface area contributed by atoms with Gasteiger partial charge in [-0.2, -0.15) is 5.21 Å². The molecule has 104 valence electrons. The number of aromatic nitrogens is 4. The van der Waals surface area contributed by atoms with Crippen LogP contribution in [0.25, 0.3) is 11.4 Å². The first kappa shape index (κ1) is 12.7. The number of hydrogen-bond donors (Lipinski definition) is 2. The summed E-state index contributed by atoms with van der Waals surface area (Å²) in [5, 5.41) is 22.9. The summed E-state index contributed by atoms with van der Waals surface area (Å²) >= 11 is 0. The molecule has 0 spiro atoms. The zero-order valence-corrected chi connectivity index (χ0v) is 10.9. The number of amides is 1. The Kier molecular flexibility index (Phi) is 3.42. The zero-order chi connectivity index (χ0) is 13.9. The molecule has 1 aliphatic heterocycles. The lowest BCUT2D eigenvalue weighted by Crippen LogP contribution is -2.37. The van der Waals surface area contributed by atoms with E-state index in [4.69, 9.17) is 0 Å². The highest BCUT2D eigenvalue weighted by atomic mass is 16.3. The molecule has 1 aromatic heterocycles. The summed E-state index contributed by atoms with van der Waals surface area (Å²) in [4.78, 5) is 14.1. The quantitative estimate of drug-likeness (QED) is 0.847. The average molecular weight is 273 g/mol. The molecule has 3 rings (SSSR count). The van der Waals surface area contributed by atoms with Crippen LogP contribution in [0.15, 0.2) is 24.3 Å². The van der Waals surface area contributed by atoms with Crippen molar-refractivity contribution in [3.8, 4) is 11.4 Å². The Labute approximate surface area is 115 Å². The van der Waals surface area contributed by atoms with Crippen LogP contribution in [0.2, 0.25) is 0 Å². The van der Waals surface area contributed by atoms with Crippen LogP contribution in [-0.4, -0.2) is 55.7 Å². The molecule has 1 aliphatic rings. The number of hydrogen-bond acceptors (Lipinski definition) is 5. The first-order valence-electron chi connectivity index (χ1n) is 6.55. The molecule has 0 unspecified atom stereocenters. The van der Waals surface area contributed by atoms with Crippen LogP contribution in [0.4, 0.5) is 0 Å². The Morgan fingerprint density at radius 3 is 2.85 bits per heavy atom. The van der Waals surface area contributed by atoms with Crippen molar-refractivity contribution in [2.75, 3.05) is 13.2 Å². The first-order valence-corrected chi connectivity index (χ1v) is 6.55. The molecule has 7 nitrogen and oxygen atoms in total. The molecular formula is C13H15N5O2. The van der Waals surface area contributed by atoms with E-state index in [9.17, 15) is 9.90 Å². The number of likely N-dealkylation sites (tertiary alicyclic amines) is 1. The smallest absolute Gasteiger partial charge is 0.254 e. The summed E-state index contributed by atoms with van der Waals surface area (Å²) in [6.45, 7) is 0.726. The standard InChI is InChI=1S/C13H15N5O2/c19-8-11-2-1-7-18(11)13(20)10-5-3-9(4-6-10)12-14-16-17-15-12/h3-6,11,19H,1-2,7-8H2,(H,14,15,16,17)/t11-/m1/s1. The van der Waals surface area contributed by atoms with Crippen LogP contribution in [0.3, 0.4) is 0 Å². The molecule has 1 fully saturated rings. The van der Waals surface area contributed by atoms with Gasteiger partial charge in [0, 0.05) is 17.7 Å². The van der Waals surface area contributed by atoms with E-state index in [0.29, 0.717) is 17.9 Å².